The number of rotatable bonds is 3. The highest BCUT2D eigenvalue weighted by Crippen LogP contribution is 2.39. The van der Waals surface area contributed by atoms with Crippen LogP contribution in [0.3, 0.4) is 0 Å². The summed E-state index contributed by atoms with van der Waals surface area (Å²) in [7, 11) is 0. The molecule has 6 heteroatoms. The first-order valence-electron chi connectivity index (χ1n) is 8.42. The standard InChI is InChI=1S/C17H22N4S2/c1-9(2)14-18-16-13(11-7-5-6-8-12(11)23-16)15-19-20-17(21(14)15)22-10(3)4/h9-10H,5-8H2,1-4H3. The molecule has 0 unspecified atom stereocenters. The Balaban J connectivity index is 2.07. The average molecular weight is 347 g/mol. The van der Waals surface area contributed by atoms with Gasteiger partial charge in [0.25, 0.3) is 0 Å². The molecule has 0 radical (unpaired) electrons. The molecule has 1 aliphatic carbocycles. The molecule has 3 aromatic heterocycles. The van der Waals surface area contributed by atoms with Crippen molar-refractivity contribution in [1.82, 2.24) is 19.6 Å². The minimum absolute atomic E-state index is 0.351. The zero-order valence-corrected chi connectivity index (χ0v) is 15.7. The van der Waals surface area contributed by atoms with Gasteiger partial charge in [-0.3, -0.25) is 4.40 Å². The summed E-state index contributed by atoms with van der Waals surface area (Å²) in [4.78, 5) is 7.71. The molecule has 0 saturated heterocycles. The maximum atomic E-state index is 5.04. The second-order valence-corrected chi connectivity index (χ2v) is 9.45. The van der Waals surface area contributed by atoms with Crippen LogP contribution in [0.5, 0.6) is 0 Å². The highest BCUT2D eigenvalue weighted by Gasteiger charge is 2.24. The van der Waals surface area contributed by atoms with E-state index >= 15 is 0 Å². The third kappa shape index (κ3) is 2.47. The van der Waals surface area contributed by atoms with Crippen molar-refractivity contribution in [1.29, 1.82) is 0 Å². The molecule has 0 bridgehead atoms. The van der Waals surface area contributed by atoms with E-state index in [0.717, 1.165) is 27.9 Å². The number of fused-ring (bicyclic) bond motifs is 5. The van der Waals surface area contributed by atoms with Gasteiger partial charge in [-0.1, -0.05) is 39.5 Å². The molecule has 0 spiro atoms. The number of hydrogen-bond acceptors (Lipinski definition) is 5. The third-order valence-corrected chi connectivity index (χ3v) is 6.44. The molecule has 122 valence electrons. The number of aryl methyl sites for hydroxylation is 2. The number of aromatic nitrogens is 4. The number of nitrogens with zero attached hydrogens (tertiary/aromatic N) is 4. The molecule has 0 aromatic carbocycles. The lowest BCUT2D eigenvalue weighted by molar-refractivity contribution is 0.699. The summed E-state index contributed by atoms with van der Waals surface area (Å²) >= 11 is 3.64. The van der Waals surface area contributed by atoms with Crippen molar-refractivity contribution < 1.29 is 0 Å². The van der Waals surface area contributed by atoms with E-state index in [1.54, 1.807) is 11.8 Å². The average Bonchev–Trinajstić information content (AvgIpc) is 3.06. The van der Waals surface area contributed by atoms with E-state index in [4.69, 9.17) is 4.98 Å². The fourth-order valence-corrected chi connectivity index (χ4v) is 5.39. The third-order valence-electron chi connectivity index (χ3n) is 4.31. The van der Waals surface area contributed by atoms with E-state index in [9.17, 15) is 0 Å². The zero-order chi connectivity index (χ0) is 16.1. The van der Waals surface area contributed by atoms with Crippen LogP contribution in [0.4, 0.5) is 0 Å². The lowest BCUT2D eigenvalue weighted by Crippen LogP contribution is -2.06. The van der Waals surface area contributed by atoms with Crippen molar-refractivity contribution in [3.63, 3.8) is 0 Å². The van der Waals surface area contributed by atoms with Crippen molar-refractivity contribution in [2.24, 2.45) is 0 Å². The van der Waals surface area contributed by atoms with Gasteiger partial charge in [-0.05, 0) is 31.2 Å². The second-order valence-electron chi connectivity index (χ2n) is 6.82. The Kier molecular flexibility index (Phi) is 3.84. The Morgan fingerprint density at radius 2 is 1.87 bits per heavy atom. The summed E-state index contributed by atoms with van der Waals surface area (Å²) in [5.41, 5.74) is 2.50. The SMILES string of the molecule is CC(C)Sc1nnc2c3c4c(sc3nc(C(C)C)n12)CCCC4. The predicted octanol–water partition coefficient (Wildman–Crippen LogP) is 4.84. The van der Waals surface area contributed by atoms with Crippen LogP contribution in [0, 0.1) is 0 Å². The Labute approximate surface area is 144 Å². The maximum absolute atomic E-state index is 5.04. The molecule has 0 atom stereocenters. The van der Waals surface area contributed by atoms with E-state index in [2.05, 4.69) is 42.3 Å². The summed E-state index contributed by atoms with van der Waals surface area (Å²) in [6, 6.07) is 0. The van der Waals surface area contributed by atoms with Gasteiger partial charge in [-0.15, -0.1) is 21.5 Å². The zero-order valence-electron chi connectivity index (χ0n) is 14.1. The minimum atomic E-state index is 0.351. The largest absolute Gasteiger partial charge is 0.257 e. The molecule has 0 aliphatic heterocycles. The van der Waals surface area contributed by atoms with Crippen molar-refractivity contribution in [3.8, 4) is 0 Å². The molecule has 4 nitrogen and oxygen atoms in total. The first kappa shape index (κ1) is 15.4. The Morgan fingerprint density at radius 1 is 1.09 bits per heavy atom. The van der Waals surface area contributed by atoms with E-state index in [0.29, 0.717) is 11.2 Å². The summed E-state index contributed by atoms with van der Waals surface area (Å²) < 4.78 is 2.21. The van der Waals surface area contributed by atoms with Gasteiger partial charge in [0.1, 0.15) is 10.7 Å². The van der Waals surface area contributed by atoms with E-state index in [-0.39, 0.29) is 0 Å². The van der Waals surface area contributed by atoms with E-state index in [1.807, 2.05) is 11.3 Å². The molecule has 1 aliphatic rings. The van der Waals surface area contributed by atoms with Gasteiger partial charge >= 0.3 is 0 Å². The van der Waals surface area contributed by atoms with Crippen LogP contribution in [0.15, 0.2) is 5.16 Å². The summed E-state index contributed by atoms with van der Waals surface area (Å²) in [6.45, 7) is 8.79. The van der Waals surface area contributed by atoms with E-state index < -0.39 is 0 Å². The quantitative estimate of drug-likeness (QED) is 0.636. The topological polar surface area (TPSA) is 43.1 Å². The number of thiophene rings is 1. The molecule has 0 amide bonds. The lowest BCUT2D eigenvalue weighted by atomic mass is 9.97. The van der Waals surface area contributed by atoms with Crippen LogP contribution < -0.4 is 0 Å². The molecular weight excluding hydrogens is 324 g/mol. The Morgan fingerprint density at radius 3 is 2.61 bits per heavy atom. The maximum Gasteiger partial charge on any atom is 0.197 e. The number of thioether (sulfide) groups is 1. The van der Waals surface area contributed by atoms with Gasteiger partial charge in [0.05, 0.1) is 5.39 Å². The molecular formula is C17H22N4S2. The molecule has 4 rings (SSSR count). The fraction of sp³-hybridized carbons (Fsp3) is 0.588. The van der Waals surface area contributed by atoms with Crippen LogP contribution in [-0.2, 0) is 12.8 Å². The predicted molar refractivity (Wildman–Crippen MR) is 97.9 cm³/mol. The van der Waals surface area contributed by atoms with Crippen molar-refractivity contribution >= 4 is 39.0 Å². The first-order valence-corrected chi connectivity index (χ1v) is 10.1. The summed E-state index contributed by atoms with van der Waals surface area (Å²) in [5, 5.41) is 11.8. The first-order chi connectivity index (χ1) is 11.1. The van der Waals surface area contributed by atoms with Gasteiger partial charge in [-0.25, -0.2) is 4.98 Å². The smallest absolute Gasteiger partial charge is 0.197 e. The van der Waals surface area contributed by atoms with Gasteiger partial charge in [-0.2, -0.15) is 0 Å². The molecule has 0 N–H and O–H groups in total. The highest BCUT2D eigenvalue weighted by molar-refractivity contribution is 7.99. The minimum Gasteiger partial charge on any atom is -0.257 e. The van der Waals surface area contributed by atoms with Crippen LogP contribution in [-0.4, -0.2) is 24.8 Å². The highest BCUT2D eigenvalue weighted by atomic mass is 32.2. The molecule has 3 aromatic rings. The van der Waals surface area contributed by atoms with E-state index in [1.165, 1.54) is 35.1 Å². The van der Waals surface area contributed by atoms with Crippen LogP contribution >= 0.6 is 23.1 Å². The van der Waals surface area contributed by atoms with Crippen molar-refractivity contribution in [3.05, 3.63) is 16.3 Å². The van der Waals surface area contributed by atoms with Gasteiger partial charge in [0, 0.05) is 16.0 Å². The van der Waals surface area contributed by atoms with Crippen LogP contribution in [0.1, 0.15) is 62.7 Å². The molecule has 0 saturated carbocycles. The van der Waals surface area contributed by atoms with Crippen molar-refractivity contribution in [2.45, 2.75) is 69.7 Å². The van der Waals surface area contributed by atoms with Crippen molar-refractivity contribution in [2.75, 3.05) is 0 Å². The lowest BCUT2D eigenvalue weighted by Gasteiger charge is -2.13. The Hall–Kier alpha value is -1.14. The molecule has 0 fully saturated rings. The van der Waals surface area contributed by atoms with Gasteiger partial charge in [0.2, 0.25) is 0 Å². The number of hydrogen-bond donors (Lipinski definition) is 0. The Bertz CT molecular complexity index is 876. The summed E-state index contributed by atoms with van der Waals surface area (Å²) in [5.74, 6) is 1.43. The summed E-state index contributed by atoms with van der Waals surface area (Å²) in [6.07, 6.45) is 4.93. The molecule has 3 heterocycles. The van der Waals surface area contributed by atoms with Crippen LogP contribution in [0.25, 0.3) is 15.9 Å². The second kappa shape index (κ2) is 5.74. The molecule has 23 heavy (non-hydrogen) atoms. The fourth-order valence-electron chi connectivity index (χ4n) is 3.33. The normalized spacial score (nSPS) is 15.2. The monoisotopic (exact) mass is 346 g/mol. The van der Waals surface area contributed by atoms with Gasteiger partial charge < -0.3 is 0 Å². The van der Waals surface area contributed by atoms with Crippen LogP contribution in [0.2, 0.25) is 0 Å². The van der Waals surface area contributed by atoms with Gasteiger partial charge in [0.15, 0.2) is 10.8 Å².